The molecule has 39 heteroatoms. The molecule has 0 amide bonds. The predicted molar refractivity (Wildman–Crippen MR) is 381 cm³/mol. The smallest absolute Gasteiger partial charge is 0.308 e. The zero-order chi connectivity index (χ0) is 85.5. The minimum Gasteiger partial charge on any atom is -0.449 e. The number of carbonyl (C=O) groups excluding carboxylic acids is 17. The number of hydrogen-bond acceptors (Lipinski definition) is 38. The molecule has 0 fully saturated rings. The van der Waals surface area contributed by atoms with Crippen LogP contribution in [0.4, 0.5) is 0 Å². The molecule has 7 aromatic carbocycles. The molecule has 0 unspecified atom stereocenters. The van der Waals surface area contributed by atoms with E-state index in [9.17, 15) is 81.5 Å². The van der Waals surface area contributed by atoms with E-state index in [4.69, 9.17) is 111 Å². The van der Waals surface area contributed by atoms with Crippen LogP contribution in [-0.4, -0.2) is 101 Å². The molecule has 0 heterocycles. The van der Waals surface area contributed by atoms with Crippen LogP contribution >= 0.6 is 11.6 Å². The highest BCUT2D eigenvalue weighted by atomic mass is 35.5. The number of halogens is 1. The molecule has 0 N–H and O–H groups in total. The van der Waals surface area contributed by atoms with Gasteiger partial charge in [-0.05, 0) is 0 Å². The van der Waals surface area contributed by atoms with E-state index < -0.39 is 272 Å². The molecule has 0 atom stereocenters. The van der Waals surface area contributed by atoms with E-state index >= 15 is 0 Å². The Kier molecular flexibility index (Phi) is 28.5. The van der Waals surface area contributed by atoms with Crippen LogP contribution in [0.5, 0.6) is 144 Å². The minimum absolute atomic E-state index is 0.479. The van der Waals surface area contributed by atoms with Crippen molar-refractivity contribution >= 4 is 113 Å². The van der Waals surface area contributed by atoms with Crippen LogP contribution in [0.25, 0.3) is 22.3 Å². The summed E-state index contributed by atoms with van der Waals surface area (Å²) in [6.45, 7) is 14.8. The van der Waals surface area contributed by atoms with Crippen molar-refractivity contribution < 1.29 is 181 Å². The third kappa shape index (κ3) is 24.0. The van der Waals surface area contributed by atoms with Gasteiger partial charge in [0.25, 0.3) is 0 Å². The van der Waals surface area contributed by atoms with Gasteiger partial charge in [0.1, 0.15) is 68.3 Å². The Labute approximate surface area is 653 Å². The molecule has 0 saturated heterocycles. The second-order valence-electron chi connectivity index (χ2n) is 23.1. The van der Waals surface area contributed by atoms with Gasteiger partial charge in [0, 0.05) is 190 Å². The van der Waals surface area contributed by atoms with Crippen LogP contribution in [0.1, 0.15) is 118 Å². The van der Waals surface area contributed by atoms with Gasteiger partial charge < -0.3 is 99.5 Å². The average Bonchev–Trinajstić information content (AvgIpc) is 0.745. The van der Waals surface area contributed by atoms with Gasteiger partial charge in [0.15, 0.2) is 57.5 Å². The summed E-state index contributed by atoms with van der Waals surface area (Å²) in [7, 11) is 0. The summed E-state index contributed by atoms with van der Waals surface area (Å²) in [5, 5.41) is -0.579. The Morgan fingerprint density at radius 2 is 0.348 bits per heavy atom. The standard InChI is InChI=1S/C76H63ClO38/c1-30(78)95-47-18-52(99-34(5)82)66(53(19-47)100-35(6)83)68-56(103-38(9)86)28-64(108-43(14)91)73(75(68)110-45(16)93)114-62-26-50(98-33(4)81)27-63(71(62)112-51-22-58(104-39(10)87)70(77)59(23-51)105-40(11)88)115-74-65(109-44(15)92)29-57(113-72-60(106-41(12)89)24-49(97-32(3)80)25-61(72)107-42(13)90)69(76(74)111-46(17)94)67-54(101-36(7)84)20-48(96-31(2)79)21-55(67)102-37(8)85/h18-29H,1-17H3. The van der Waals surface area contributed by atoms with Gasteiger partial charge in [-0.1, -0.05) is 11.6 Å². The molecule has 0 aliphatic heterocycles. The molecule has 0 aliphatic rings. The zero-order valence-corrected chi connectivity index (χ0v) is 64.1. The molecule has 7 rings (SSSR count). The Morgan fingerprint density at radius 1 is 0.165 bits per heavy atom. The summed E-state index contributed by atoms with van der Waals surface area (Å²) < 4.78 is 122. The number of carbonyl (C=O) groups is 17. The van der Waals surface area contributed by atoms with Gasteiger partial charge in [0.05, 0.1) is 22.3 Å². The summed E-state index contributed by atoms with van der Waals surface area (Å²) >= 11 is 6.66. The lowest BCUT2D eigenvalue weighted by Gasteiger charge is -2.25. The number of rotatable bonds is 27. The van der Waals surface area contributed by atoms with Gasteiger partial charge in [-0.25, -0.2) is 0 Å². The maximum Gasteiger partial charge on any atom is 0.308 e. The van der Waals surface area contributed by atoms with Crippen LogP contribution < -0.4 is 99.5 Å². The summed E-state index contributed by atoms with van der Waals surface area (Å²) in [4.78, 5) is 225. The highest BCUT2D eigenvalue weighted by molar-refractivity contribution is 6.33. The molecular weight excluding hydrogens is 1560 g/mol. The van der Waals surface area contributed by atoms with Gasteiger partial charge in [-0.15, -0.1) is 0 Å². The molecular formula is C76H63ClO38. The fourth-order valence-corrected chi connectivity index (χ4v) is 10.2. The maximum absolute atomic E-state index is 14.2. The van der Waals surface area contributed by atoms with Crippen molar-refractivity contribution in [1.82, 2.24) is 0 Å². The second kappa shape index (κ2) is 37.6. The third-order valence-corrected chi connectivity index (χ3v) is 13.4. The number of ether oxygens (including phenoxy) is 21. The van der Waals surface area contributed by atoms with Gasteiger partial charge in [0.2, 0.25) is 23.0 Å². The number of esters is 17. The van der Waals surface area contributed by atoms with E-state index in [2.05, 4.69) is 0 Å². The summed E-state index contributed by atoms with van der Waals surface area (Å²) in [6.07, 6.45) is 0. The highest BCUT2D eigenvalue weighted by Crippen LogP contribution is 2.63. The van der Waals surface area contributed by atoms with Crippen molar-refractivity contribution in [1.29, 1.82) is 0 Å². The lowest BCUT2D eigenvalue weighted by molar-refractivity contribution is -0.134. The molecule has 0 spiro atoms. The fourth-order valence-electron chi connectivity index (χ4n) is 10.0. The first-order valence-electron chi connectivity index (χ1n) is 32.7. The Balaban J connectivity index is 1.85. The second-order valence-corrected chi connectivity index (χ2v) is 23.5. The van der Waals surface area contributed by atoms with Crippen LogP contribution in [0.15, 0.2) is 72.8 Å². The van der Waals surface area contributed by atoms with Crippen LogP contribution in [-0.2, 0) is 81.5 Å². The van der Waals surface area contributed by atoms with Gasteiger partial charge >= 0.3 is 101 Å². The molecule has 0 aliphatic carbocycles. The number of hydrogen-bond donors (Lipinski definition) is 0. The van der Waals surface area contributed by atoms with E-state index in [0.29, 0.717) is 6.07 Å². The van der Waals surface area contributed by atoms with Crippen molar-refractivity contribution in [2.75, 3.05) is 0 Å². The first-order chi connectivity index (χ1) is 53.8. The van der Waals surface area contributed by atoms with E-state index in [-0.39, 0.29) is 0 Å². The fraction of sp³-hybridized carbons (Fsp3) is 0.224. The van der Waals surface area contributed by atoms with E-state index in [0.717, 1.165) is 184 Å². The van der Waals surface area contributed by atoms with Crippen LogP contribution in [0, 0.1) is 0 Å². The van der Waals surface area contributed by atoms with Crippen molar-refractivity contribution in [3.05, 3.63) is 77.8 Å². The molecule has 115 heavy (non-hydrogen) atoms. The summed E-state index contributed by atoms with van der Waals surface area (Å²) in [5.41, 5.74) is -3.27. The Hall–Kier alpha value is -15.0. The highest BCUT2D eigenvalue weighted by Gasteiger charge is 2.39. The monoisotopic (exact) mass is 1620 g/mol. The van der Waals surface area contributed by atoms with Crippen molar-refractivity contribution in [2.45, 2.75) is 118 Å². The van der Waals surface area contributed by atoms with Crippen LogP contribution in [0.3, 0.4) is 0 Å². The maximum atomic E-state index is 14.2. The normalized spacial score (nSPS) is 10.4. The van der Waals surface area contributed by atoms with E-state index in [1.807, 2.05) is 0 Å². The van der Waals surface area contributed by atoms with E-state index in [1.165, 1.54) is 0 Å². The first-order valence-corrected chi connectivity index (χ1v) is 33.0. The number of benzene rings is 7. The topological polar surface area (TPSA) is 484 Å². The minimum atomic E-state index is -1.41. The molecule has 0 bridgehead atoms. The Morgan fingerprint density at radius 3 is 0.617 bits per heavy atom. The molecule has 0 aromatic heterocycles. The molecule has 0 radical (unpaired) electrons. The lowest BCUT2D eigenvalue weighted by Crippen LogP contribution is -2.13. The first kappa shape index (κ1) is 87.2. The van der Waals surface area contributed by atoms with Crippen LogP contribution in [0.2, 0.25) is 5.02 Å². The quantitative estimate of drug-likeness (QED) is 0.0341. The summed E-state index contributed by atoms with van der Waals surface area (Å²) in [6, 6.07) is 9.91. The van der Waals surface area contributed by atoms with Crippen molar-refractivity contribution in [3.63, 3.8) is 0 Å². The molecule has 38 nitrogen and oxygen atoms in total. The molecule has 7 aromatic rings. The average molecular weight is 1620 g/mol. The molecule has 0 saturated carbocycles. The van der Waals surface area contributed by atoms with Crippen molar-refractivity contribution in [3.8, 4) is 166 Å². The summed E-state index contributed by atoms with van der Waals surface area (Å²) in [5.74, 6) is -41.2. The van der Waals surface area contributed by atoms with Gasteiger partial charge in [-0.3, -0.25) is 81.5 Å². The van der Waals surface area contributed by atoms with Gasteiger partial charge in [-0.2, -0.15) is 0 Å². The predicted octanol–water partition coefficient (Wildman–Crippen LogP) is 11.6. The van der Waals surface area contributed by atoms with E-state index in [1.54, 1.807) is 0 Å². The lowest BCUT2D eigenvalue weighted by atomic mass is 9.99. The zero-order valence-electron chi connectivity index (χ0n) is 63.3. The SMILES string of the molecule is CC(=O)Oc1cc(Oc2c(OC(C)=O)cc(OC(C)=O)c(-c3c(OC(C)=O)cc(OC(C)=O)cc3OC(C)=O)c2OC(C)=O)c(Oc2cc(OC(C)=O)c(Cl)c(OC(C)=O)c2)c(Oc2c(OC(C)=O)cc(Oc3c(OC(C)=O)cc(OC(C)=O)cc3OC(C)=O)c(-c3c(OC(C)=O)cc(OC(C)=O)cc3OC(C)=O)c2OC(C)=O)c1. The Bertz CT molecular complexity index is 5140. The van der Waals surface area contributed by atoms with Crippen molar-refractivity contribution in [2.24, 2.45) is 0 Å². The molecule has 602 valence electrons. The largest absolute Gasteiger partial charge is 0.449 e. The third-order valence-electron chi connectivity index (χ3n) is 13.1.